The second-order valence-electron chi connectivity index (χ2n) is 4.31. The molecule has 1 aromatic heterocycles. The maximum absolute atomic E-state index is 12.4. The van der Waals surface area contributed by atoms with E-state index in [0.717, 1.165) is 5.56 Å². The molecule has 0 spiro atoms. The van der Waals surface area contributed by atoms with Crippen LogP contribution in [0.15, 0.2) is 42.5 Å². The summed E-state index contributed by atoms with van der Waals surface area (Å²) in [5.74, 6) is -0.200. The Balaban J connectivity index is 2.12. The molecule has 3 aromatic rings. The van der Waals surface area contributed by atoms with Gasteiger partial charge in [-0.15, -0.1) is 5.10 Å². The molecule has 0 bridgehead atoms. The van der Waals surface area contributed by atoms with Gasteiger partial charge in [-0.2, -0.15) is 4.68 Å². The SMILES string of the molecule is Cc1cccc(C(=O)n2nnc3cc(Cl)ccc32)c1. The van der Waals surface area contributed by atoms with Crippen LogP contribution < -0.4 is 0 Å². The molecular weight excluding hydrogens is 262 g/mol. The number of hydrogen-bond donors (Lipinski definition) is 0. The smallest absolute Gasteiger partial charge is 0.267 e. The van der Waals surface area contributed by atoms with Gasteiger partial charge in [-0.3, -0.25) is 4.79 Å². The molecule has 0 atom stereocenters. The Morgan fingerprint density at radius 2 is 2.05 bits per heavy atom. The van der Waals surface area contributed by atoms with Crippen molar-refractivity contribution in [2.45, 2.75) is 6.92 Å². The van der Waals surface area contributed by atoms with Gasteiger partial charge < -0.3 is 0 Å². The molecule has 0 aliphatic rings. The minimum absolute atomic E-state index is 0.200. The zero-order valence-corrected chi connectivity index (χ0v) is 10.9. The predicted octanol–water partition coefficient (Wildman–Crippen LogP) is 3.08. The Morgan fingerprint density at radius 1 is 1.21 bits per heavy atom. The summed E-state index contributed by atoms with van der Waals surface area (Å²) >= 11 is 5.88. The fourth-order valence-electron chi connectivity index (χ4n) is 1.95. The zero-order valence-electron chi connectivity index (χ0n) is 10.2. The van der Waals surface area contributed by atoms with Crippen LogP contribution in [0.1, 0.15) is 15.9 Å². The molecule has 4 nitrogen and oxygen atoms in total. The molecule has 0 unspecified atom stereocenters. The molecule has 0 N–H and O–H groups in total. The molecule has 1 heterocycles. The largest absolute Gasteiger partial charge is 0.280 e. The molecule has 0 aliphatic carbocycles. The first-order valence-electron chi connectivity index (χ1n) is 5.77. The lowest BCUT2D eigenvalue weighted by Crippen LogP contribution is -2.13. The third-order valence-corrected chi connectivity index (χ3v) is 3.10. The van der Waals surface area contributed by atoms with Crippen LogP contribution in [0.5, 0.6) is 0 Å². The van der Waals surface area contributed by atoms with E-state index in [-0.39, 0.29) is 5.91 Å². The Morgan fingerprint density at radius 3 is 2.84 bits per heavy atom. The summed E-state index contributed by atoms with van der Waals surface area (Å²) in [7, 11) is 0. The Hall–Kier alpha value is -2.20. The molecule has 0 saturated heterocycles. The minimum Gasteiger partial charge on any atom is -0.267 e. The fraction of sp³-hybridized carbons (Fsp3) is 0.0714. The van der Waals surface area contributed by atoms with Crippen molar-refractivity contribution in [1.29, 1.82) is 0 Å². The van der Waals surface area contributed by atoms with Crippen LogP contribution in [0.25, 0.3) is 11.0 Å². The van der Waals surface area contributed by atoms with E-state index in [4.69, 9.17) is 11.6 Å². The van der Waals surface area contributed by atoms with Crippen molar-refractivity contribution in [2.75, 3.05) is 0 Å². The van der Waals surface area contributed by atoms with Crippen molar-refractivity contribution in [3.8, 4) is 0 Å². The van der Waals surface area contributed by atoms with Crippen molar-refractivity contribution in [1.82, 2.24) is 15.0 Å². The molecule has 19 heavy (non-hydrogen) atoms. The summed E-state index contributed by atoms with van der Waals surface area (Å²) in [5, 5.41) is 8.43. The minimum atomic E-state index is -0.200. The van der Waals surface area contributed by atoms with Crippen molar-refractivity contribution >= 4 is 28.5 Å². The second-order valence-corrected chi connectivity index (χ2v) is 4.75. The number of benzene rings is 2. The van der Waals surface area contributed by atoms with Gasteiger partial charge in [0.15, 0.2) is 0 Å². The Labute approximate surface area is 114 Å². The number of halogens is 1. The summed E-state index contributed by atoms with van der Waals surface area (Å²) in [6.07, 6.45) is 0. The number of carbonyl (C=O) groups is 1. The van der Waals surface area contributed by atoms with Crippen LogP contribution in [0.3, 0.4) is 0 Å². The van der Waals surface area contributed by atoms with Gasteiger partial charge >= 0.3 is 0 Å². The van der Waals surface area contributed by atoms with Crippen LogP contribution in [0.4, 0.5) is 0 Å². The lowest BCUT2D eigenvalue weighted by atomic mass is 10.1. The van der Waals surface area contributed by atoms with E-state index < -0.39 is 0 Å². The summed E-state index contributed by atoms with van der Waals surface area (Å²) in [4.78, 5) is 12.4. The monoisotopic (exact) mass is 271 g/mol. The lowest BCUT2D eigenvalue weighted by Gasteiger charge is -2.02. The summed E-state index contributed by atoms with van der Waals surface area (Å²) < 4.78 is 1.29. The molecule has 5 heteroatoms. The first-order chi connectivity index (χ1) is 9.15. The maximum Gasteiger partial charge on any atom is 0.280 e. The van der Waals surface area contributed by atoms with Crippen LogP contribution >= 0.6 is 11.6 Å². The molecule has 0 saturated carbocycles. The highest BCUT2D eigenvalue weighted by molar-refractivity contribution is 6.31. The summed E-state index contributed by atoms with van der Waals surface area (Å²) in [6, 6.07) is 12.5. The van der Waals surface area contributed by atoms with E-state index >= 15 is 0 Å². The fourth-order valence-corrected chi connectivity index (χ4v) is 2.11. The average molecular weight is 272 g/mol. The molecule has 0 fully saturated rings. The molecule has 0 amide bonds. The maximum atomic E-state index is 12.4. The Kier molecular flexibility index (Phi) is 2.80. The van der Waals surface area contributed by atoms with Gasteiger partial charge in [0.25, 0.3) is 5.91 Å². The van der Waals surface area contributed by atoms with E-state index in [1.807, 2.05) is 25.1 Å². The number of nitrogens with zero attached hydrogens (tertiary/aromatic N) is 3. The van der Waals surface area contributed by atoms with E-state index in [1.165, 1.54) is 4.68 Å². The van der Waals surface area contributed by atoms with Crippen molar-refractivity contribution in [3.63, 3.8) is 0 Å². The predicted molar refractivity (Wildman–Crippen MR) is 73.4 cm³/mol. The van der Waals surface area contributed by atoms with Crippen molar-refractivity contribution in [2.24, 2.45) is 0 Å². The second kappa shape index (κ2) is 4.48. The number of aromatic nitrogens is 3. The molecule has 0 radical (unpaired) electrons. The zero-order chi connectivity index (χ0) is 13.4. The van der Waals surface area contributed by atoms with Crippen molar-refractivity contribution < 1.29 is 4.79 Å². The normalized spacial score (nSPS) is 10.8. The van der Waals surface area contributed by atoms with Gasteiger partial charge in [-0.05, 0) is 37.3 Å². The summed E-state index contributed by atoms with van der Waals surface area (Å²) in [5.41, 5.74) is 2.87. The molecule has 94 valence electrons. The van der Waals surface area contributed by atoms with E-state index in [2.05, 4.69) is 10.3 Å². The van der Waals surface area contributed by atoms with Crippen LogP contribution in [0.2, 0.25) is 5.02 Å². The van der Waals surface area contributed by atoms with E-state index in [1.54, 1.807) is 24.3 Å². The highest BCUT2D eigenvalue weighted by Gasteiger charge is 2.14. The van der Waals surface area contributed by atoms with E-state index in [0.29, 0.717) is 21.6 Å². The molecule has 3 rings (SSSR count). The molecular formula is C14H10ClN3O. The highest BCUT2D eigenvalue weighted by atomic mass is 35.5. The highest BCUT2D eigenvalue weighted by Crippen LogP contribution is 2.18. The number of rotatable bonds is 1. The average Bonchev–Trinajstić information content (AvgIpc) is 2.80. The van der Waals surface area contributed by atoms with Gasteiger partial charge in [0.05, 0.1) is 5.52 Å². The summed E-state index contributed by atoms with van der Waals surface area (Å²) in [6.45, 7) is 1.94. The third-order valence-electron chi connectivity index (χ3n) is 2.86. The van der Waals surface area contributed by atoms with Crippen molar-refractivity contribution in [3.05, 3.63) is 58.6 Å². The van der Waals surface area contributed by atoms with Gasteiger partial charge in [-0.25, -0.2) is 0 Å². The van der Waals surface area contributed by atoms with Gasteiger partial charge in [0.2, 0.25) is 0 Å². The molecule has 2 aromatic carbocycles. The van der Waals surface area contributed by atoms with Gasteiger partial charge in [0.1, 0.15) is 5.52 Å². The van der Waals surface area contributed by atoms with E-state index in [9.17, 15) is 4.79 Å². The first kappa shape index (κ1) is 11.9. The van der Waals surface area contributed by atoms with Gasteiger partial charge in [0, 0.05) is 10.6 Å². The Bertz CT molecular complexity index is 779. The van der Waals surface area contributed by atoms with Gasteiger partial charge in [-0.1, -0.05) is 34.5 Å². The lowest BCUT2D eigenvalue weighted by molar-refractivity contribution is 0.0948. The standard InChI is InChI=1S/C14H10ClN3O/c1-9-3-2-4-10(7-9)14(19)18-13-6-5-11(15)8-12(13)16-17-18/h2-8H,1H3. The van der Waals surface area contributed by atoms with Crippen LogP contribution in [-0.4, -0.2) is 20.9 Å². The number of fused-ring (bicyclic) bond motifs is 1. The quantitative estimate of drug-likeness (QED) is 0.683. The number of hydrogen-bond acceptors (Lipinski definition) is 3. The number of aryl methyl sites for hydroxylation is 1. The third kappa shape index (κ3) is 2.11. The number of carbonyl (C=O) groups excluding carboxylic acids is 1. The first-order valence-corrected chi connectivity index (χ1v) is 6.15. The topological polar surface area (TPSA) is 47.8 Å². The van der Waals surface area contributed by atoms with Crippen LogP contribution in [-0.2, 0) is 0 Å². The molecule has 0 aliphatic heterocycles. The van der Waals surface area contributed by atoms with Crippen LogP contribution in [0, 0.1) is 6.92 Å².